The summed E-state index contributed by atoms with van der Waals surface area (Å²) in [4.78, 5) is 34.1. The summed E-state index contributed by atoms with van der Waals surface area (Å²) in [5, 5.41) is 20.4. The normalized spacial score (nSPS) is 10.0. The monoisotopic (exact) mass is 300 g/mol. The zero-order valence-electron chi connectivity index (χ0n) is 11.2. The van der Waals surface area contributed by atoms with Crippen molar-refractivity contribution in [1.29, 1.82) is 0 Å². The maximum atomic E-state index is 12.1. The quantitative estimate of drug-likeness (QED) is 0.638. The van der Waals surface area contributed by atoms with Gasteiger partial charge in [0.25, 0.3) is 5.91 Å². The molecular formula is C15H12N2O5. The van der Waals surface area contributed by atoms with Crippen LogP contribution in [0.15, 0.2) is 42.5 Å². The highest BCUT2D eigenvalue weighted by atomic mass is 16.4. The summed E-state index contributed by atoms with van der Waals surface area (Å²) in [5.41, 5.74) is 5.73. The number of hydrogen-bond donors (Lipinski definition) is 4. The Morgan fingerprint density at radius 1 is 0.909 bits per heavy atom. The van der Waals surface area contributed by atoms with Crippen molar-refractivity contribution in [2.45, 2.75) is 0 Å². The third-order valence-corrected chi connectivity index (χ3v) is 2.89. The SMILES string of the molecule is Nc1ccccc1C(=O)Nc1cc(C(=O)O)cc(C(=O)O)c1. The van der Waals surface area contributed by atoms with Crippen LogP contribution in [0.1, 0.15) is 31.1 Å². The molecule has 0 radical (unpaired) electrons. The van der Waals surface area contributed by atoms with Crippen LogP contribution in [0.3, 0.4) is 0 Å². The molecule has 0 aliphatic carbocycles. The van der Waals surface area contributed by atoms with Crippen molar-refractivity contribution < 1.29 is 24.6 Å². The van der Waals surface area contributed by atoms with Crippen LogP contribution >= 0.6 is 0 Å². The highest BCUT2D eigenvalue weighted by Crippen LogP contribution is 2.18. The van der Waals surface area contributed by atoms with Crippen molar-refractivity contribution in [3.63, 3.8) is 0 Å². The number of benzene rings is 2. The summed E-state index contributed by atoms with van der Waals surface area (Å²) in [6.07, 6.45) is 0. The lowest BCUT2D eigenvalue weighted by Gasteiger charge is -2.09. The van der Waals surface area contributed by atoms with E-state index in [0.717, 1.165) is 6.07 Å². The smallest absolute Gasteiger partial charge is 0.335 e. The molecule has 2 rings (SSSR count). The second-order valence-electron chi connectivity index (χ2n) is 4.45. The molecule has 0 aliphatic rings. The molecule has 0 unspecified atom stereocenters. The maximum Gasteiger partial charge on any atom is 0.335 e. The topological polar surface area (TPSA) is 130 Å². The number of para-hydroxylation sites is 1. The molecular weight excluding hydrogens is 288 g/mol. The van der Waals surface area contributed by atoms with E-state index in [1.54, 1.807) is 18.2 Å². The molecule has 0 bridgehead atoms. The minimum Gasteiger partial charge on any atom is -0.478 e. The van der Waals surface area contributed by atoms with Gasteiger partial charge in [0.05, 0.1) is 16.7 Å². The van der Waals surface area contributed by atoms with Crippen molar-refractivity contribution in [3.8, 4) is 0 Å². The molecule has 0 fully saturated rings. The van der Waals surface area contributed by atoms with Crippen LogP contribution in [0.25, 0.3) is 0 Å². The van der Waals surface area contributed by atoms with Crippen LogP contribution in [-0.2, 0) is 0 Å². The van der Waals surface area contributed by atoms with Gasteiger partial charge in [-0.3, -0.25) is 4.79 Å². The number of rotatable bonds is 4. The highest BCUT2D eigenvalue weighted by molar-refractivity contribution is 6.08. The van der Waals surface area contributed by atoms with E-state index in [2.05, 4.69) is 5.32 Å². The summed E-state index contributed by atoms with van der Waals surface area (Å²) in [5.74, 6) is -3.15. The third-order valence-electron chi connectivity index (χ3n) is 2.89. The van der Waals surface area contributed by atoms with Crippen LogP contribution in [0, 0.1) is 0 Å². The number of carbonyl (C=O) groups is 3. The summed E-state index contributed by atoms with van der Waals surface area (Å²) in [6.45, 7) is 0. The molecule has 0 saturated carbocycles. The number of carboxylic acids is 2. The average molecular weight is 300 g/mol. The molecule has 0 aromatic heterocycles. The first-order valence-electron chi connectivity index (χ1n) is 6.16. The Hall–Kier alpha value is -3.35. The van der Waals surface area contributed by atoms with Gasteiger partial charge in [-0.05, 0) is 30.3 Å². The molecule has 0 atom stereocenters. The molecule has 2 aromatic rings. The minimum atomic E-state index is -1.29. The van der Waals surface area contributed by atoms with Gasteiger partial charge < -0.3 is 21.3 Å². The number of anilines is 2. The zero-order valence-corrected chi connectivity index (χ0v) is 11.2. The maximum absolute atomic E-state index is 12.1. The van der Waals surface area contributed by atoms with E-state index in [1.807, 2.05) is 0 Å². The van der Waals surface area contributed by atoms with Gasteiger partial charge in [-0.2, -0.15) is 0 Å². The van der Waals surface area contributed by atoms with Gasteiger partial charge >= 0.3 is 11.9 Å². The Morgan fingerprint density at radius 3 is 1.95 bits per heavy atom. The molecule has 1 amide bonds. The van der Waals surface area contributed by atoms with Crippen LogP contribution in [0.4, 0.5) is 11.4 Å². The van der Waals surface area contributed by atoms with Crippen LogP contribution < -0.4 is 11.1 Å². The van der Waals surface area contributed by atoms with Gasteiger partial charge in [0, 0.05) is 11.4 Å². The van der Waals surface area contributed by atoms with E-state index in [0.29, 0.717) is 0 Å². The lowest BCUT2D eigenvalue weighted by molar-refractivity contribution is 0.0696. The largest absolute Gasteiger partial charge is 0.478 e. The molecule has 2 aromatic carbocycles. The van der Waals surface area contributed by atoms with E-state index in [4.69, 9.17) is 15.9 Å². The Morgan fingerprint density at radius 2 is 1.45 bits per heavy atom. The summed E-state index contributed by atoms with van der Waals surface area (Å²) < 4.78 is 0. The molecule has 7 nitrogen and oxygen atoms in total. The van der Waals surface area contributed by atoms with Crippen molar-refractivity contribution in [2.75, 3.05) is 11.1 Å². The molecule has 7 heteroatoms. The fourth-order valence-electron chi connectivity index (χ4n) is 1.85. The first-order chi connectivity index (χ1) is 10.4. The second-order valence-corrected chi connectivity index (χ2v) is 4.45. The molecule has 112 valence electrons. The predicted molar refractivity (Wildman–Crippen MR) is 79.2 cm³/mol. The Kier molecular flexibility index (Phi) is 4.08. The van der Waals surface area contributed by atoms with Gasteiger partial charge in [-0.25, -0.2) is 9.59 Å². The van der Waals surface area contributed by atoms with E-state index < -0.39 is 17.8 Å². The average Bonchev–Trinajstić information content (AvgIpc) is 2.47. The summed E-state index contributed by atoms with van der Waals surface area (Å²) in [7, 11) is 0. The number of carboxylic acid groups (broad SMARTS) is 2. The van der Waals surface area contributed by atoms with Gasteiger partial charge in [-0.15, -0.1) is 0 Å². The van der Waals surface area contributed by atoms with E-state index >= 15 is 0 Å². The second kappa shape index (κ2) is 5.96. The fraction of sp³-hybridized carbons (Fsp3) is 0. The van der Waals surface area contributed by atoms with Gasteiger partial charge in [0.15, 0.2) is 0 Å². The number of nitrogens with one attached hydrogen (secondary N) is 1. The minimum absolute atomic E-state index is 0.0607. The molecule has 0 saturated heterocycles. The van der Waals surface area contributed by atoms with Crippen molar-refractivity contribution in [1.82, 2.24) is 0 Å². The van der Waals surface area contributed by atoms with Crippen molar-refractivity contribution in [2.24, 2.45) is 0 Å². The van der Waals surface area contributed by atoms with E-state index in [-0.39, 0.29) is 28.1 Å². The Balaban J connectivity index is 2.37. The highest BCUT2D eigenvalue weighted by Gasteiger charge is 2.14. The molecule has 0 aliphatic heterocycles. The van der Waals surface area contributed by atoms with Crippen molar-refractivity contribution in [3.05, 3.63) is 59.2 Å². The van der Waals surface area contributed by atoms with E-state index in [1.165, 1.54) is 18.2 Å². The van der Waals surface area contributed by atoms with Crippen LogP contribution in [-0.4, -0.2) is 28.1 Å². The number of nitrogen functional groups attached to an aromatic ring is 1. The molecule has 0 spiro atoms. The first-order valence-corrected chi connectivity index (χ1v) is 6.16. The lowest BCUT2D eigenvalue weighted by atomic mass is 10.1. The number of hydrogen-bond acceptors (Lipinski definition) is 4. The molecule has 22 heavy (non-hydrogen) atoms. The summed E-state index contributed by atoms with van der Waals surface area (Å²) in [6, 6.07) is 9.70. The van der Waals surface area contributed by atoms with Gasteiger partial charge in [0.1, 0.15) is 0 Å². The summed E-state index contributed by atoms with van der Waals surface area (Å²) >= 11 is 0. The molecule has 5 N–H and O–H groups in total. The number of aromatic carboxylic acids is 2. The lowest BCUT2D eigenvalue weighted by Crippen LogP contribution is -2.15. The Bertz CT molecular complexity index is 738. The number of amides is 1. The van der Waals surface area contributed by atoms with E-state index in [9.17, 15) is 14.4 Å². The third kappa shape index (κ3) is 3.21. The van der Waals surface area contributed by atoms with Crippen molar-refractivity contribution >= 4 is 29.2 Å². The Labute approximate surface area is 125 Å². The van der Waals surface area contributed by atoms with Crippen LogP contribution in [0.2, 0.25) is 0 Å². The number of carbonyl (C=O) groups excluding carboxylic acids is 1. The first kappa shape index (κ1) is 15.0. The predicted octanol–water partition coefficient (Wildman–Crippen LogP) is 1.92. The standard InChI is InChI=1S/C15H12N2O5/c16-12-4-2-1-3-11(12)13(18)17-10-6-8(14(19)20)5-9(7-10)15(21)22/h1-7H,16H2,(H,17,18)(H,19,20)(H,21,22). The van der Waals surface area contributed by atoms with Crippen LogP contribution in [0.5, 0.6) is 0 Å². The zero-order chi connectivity index (χ0) is 16.3. The van der Waals surface area contributed by atoms with Gasteiger partial charge in [-0.1, -0.05) is 12.1 Å². The number of nitrogens with two attached hydrogens (primary N) is 1. The molecule has 0 heterocycles. The fourth-order valence-corrected chi connectivity index (χ4v) is 1.85. The van der Waals surface area contributed by atoms with Gasteiger partial charge in [0.2, 0.25) is 0 Å².